The topological polar surface area (TPSA) is 89.1 Å². The number of carbonyl (C=O) groups is 1. The predicted octanol–water partition coefficient (Wildman–Crippen LogP) is 3.65. The molecule has 0 bridgehead atoms. The van der Waals surface area contributed by atoms with Gasteiger partial charge in [-0.3, -0.25) is 14.9 Å². The summed E-state index contributed by atoms with van der Waals surface area (Å²) in [6.07, 6.45) is 3.52. The summed E-state index contributed by atoms with van der Waals surface area (Å²) in [5.41, 5.74) is 3.68. The quantitative estimate of drug-likeness (QED) is 0.573. The van der Waals surface area contributed by atoms with Gasteiger partial charge >= 0.3 is 0 Å². The highest BCUT2D eigenvalue weighted by molar-refractivity contribution is 6.11. The average Bonchev–Trinajstić information content (AvgIpc) is 3.18. The van der Waals surface area contributed by atoms with E-state index in [0.29, 0.717) is 36.1 Å². The van der Waals surface area contributed by atoms with Crippen LogP contribution in [0.25, 0.3) is 22.0 Å². The molecule has 1 aliphatic rings. The Morgan fingerprint density at radius 1 is 1.00 bits per heavy atom. The third-order valence-electron chi connectivity index (χ3n) is 4.57. The second kappa shape index (κ2) is 6.70. The fourth-order valence-electron chi connectivity index (χ4n) is 3.21. The molecule has 7 heteroatoms. The van der Waals surface area contributed by atoms with E-state index in [0.717, 1.165) is 22.0 Å². The SMILES string of the molecule is O=C(Nc1ccc2c(c1)OCCO2)c1n[nH]c2ccc(-c3cccnc3)cc12. The van der Waals surface area contributed by atoms with Crippen molar-refractivity contribution in [3.63, 3.8) is 0 Å². The van der Waals surface area contributed by atoms with Crippen molar-refractivity contribution in [1.82, 2.24) is 15.2 Å². The van der Waals surface area contributed by atoms with Crippen molar-refractivity contribution in [2.75, 3.05) is 18.5 Å². The molecule has 2 aromatic carbocycles. The molecular formula is C21H16N4O3. The van der Waals surface area contributed by atoms with Gasteiger partial charge in [0.1, 0.15) is 13.2 Å². The summed E-state index contributed by atoms with van der Waals surface area (Å²) < 4.78 is 11.1. The fourth-order valence-corrected chi connectivity index (χ4v) is 3.21. The van der Waals surface area contributed by atoms with Crippen LogP contribution >= 0.6 is 0 Å². The molecule has 3 heterocycles. The lowest BCUT2D eigenvalue weighted by Crippen LogP contribution is -2.16. The number of nitrogens with zero attached hydrogens (tertiary/aromatic N) is 2. The van der Waals surface area contributed by atoms with Gasteiger partial charge in [-0.25, -0.2) is 0 Å². The standard InChI is InChI=1S/C21H16N4O3/c26-21(23-15-4-6-18-19(11-15)28-9-8-27-18)20-16-10-13(3-5-17(16)24-25-20)14-2-1-7-22-12-14/h1-7,10-12H,8-9H2,(H,23,26)(H,24,25). The molecule has 1 amide bonds. The van der Waals surface area contributed by atoms with Crippen LogP contribution in [0.5, 0.6) is 11.5 Å². The van der Waals surface area contributed by atoms with Crippen molar-refractivity contribution >= 4 is 22.5 Å². The molecule has 7 nitrogen and oxygen atoms in total. The van der Waals surface area contributed by atoms with Crippen LogP contribution in [0.3, 0.4) is 0 Å². The summed E-state index contributed by atoms with van der Waals surface area (Å²) >= 11 is 0. The number of H-pyrrole nitrogens is 1. The Morgan fingerprint density at radius 3 is 2.75 bits per heavy atom. The Kier molecular flexibility index (Phi) is 3.90. The first-order valence-corrected chi connectivity index (χ1v) is 8.87. The zero-order valence-electron chi connectivity index (χ0n) is 14.8. The molecular weight excluding hydrogens is 356 g/mol. The van der Waals surface area contributed by atoms with Crippen molar-refractivity contribution in [2.45, 2.75) is 0 Å². The van der Waals surface area contributed by atoms with Crippen LogP contribution in [0.2, 0.25) is 0 Å². The van der Waals surface area contributed by atoms with Gasteiger partial charge in [-0.2, -0.15) is 5.10 Å². The van der Waals surface area contributed by atoms with Gasteiger partial charge in [0, 0.05) is 35.1 Å². The number of nitrogens with one attached hydrogen (secondary N) is 2. The number of hydrogen-bond acceptors (Lipinski definition) is 5. The van der Waals surface area contributed by atoms with Gasteiger partial charge < -0.3 is 14.8 Å². The van der Waals surface area contributed by atoms with E-state index in [1.165, 1.54) is 0 Å². The van der Waals surface area contributed by atoms with Gasteiger partial charge in [-0.05, 0) is 35.9 Å². The maximum atomic E-state index is 12.8. The molecule has 0 atom stereocenters. The van der Waals surface area contributed by atoms with E-state index < -0.39 is 0 Å². The number of benzene rings is 2. The first-order chi connectivity index (χ1) is 13.8. The van der Waals surface area contributed by atoms with Crippen LogP contribution in [-0.2, 0) is 0 Å². The molecule has 28 heavy (non-hydrogen) atoms. The van der Waals surface area contributed by atoms with E-state index in [-0.39, 0.29) is 5.91 Å². The number of carbonyl (C=O) groups excluding carboxylic acids is 1. The summed E-state index contributed by atoms with van der Waals surface area (Å²) in [7, 11) is 0. The zero-order chi connectivity index (χ0) is 18.9. The monoisotopic (exact) mass is 372 g/mol. The van der Waals surface area contributed by atoms with Crippen LogP contribution < -0.4 is 14.8 Å². The van der Waals surface area contributed by atoms with E-state index in [4.69, 9.17) is 9.47 Å². The maximum absolute atomic E-state index is 12.8. The van der Waals surface area contributed by atoms with Gasteiger partial charge in [-0.15, -0.1) is 0 Å². The highest BCUT2D eigenvalue weighted by atomic mass is 16.6. The maximum Gasteiger partial charge on any atom is 0.276 e. The lowest BCUT2D eigenvalue weighted by Gasteiger charge is -2.18. The summed E-state index contributed by atoms with van der Waals surface area (Å²) in [5.74, 6) is 0.997. The van der Waals surface area contributed by atoms with E-state index in [2.05, 4.69) is 20.5 Å². The van der Waals surface area contributed by atoms with Gasteiger partial charge in [0.05, 0.1) is 5.52 Å². The van der Waals surface area contributed by atoms with Crippen molar-refractivity contribution in [3.05, 3.63) is 66.6 Å². The molecule has 0 unspecified atom stereocenters. The van der Waals surface area contributed by atoms with Crippen molar-refractivity contribution < 1.29 is 14.3 Å². The lowest BCUT2D eigenvalue weighted by atomic mass is 10.0. The zero-order valence-corrected chi connectivity index (χ0v) is 14.8. The van der Waals surface area contributed by atoms with Crippen LogP contribution in [0.1, 0.15) is 10.5 Å². The number of rotatable bonds is 3. The Bertz CT molecular complexity index is 1170. The van der Waals surface area contributed by atoms with E-state index in [1.807, 2.05) is 30.3 Å². The predicted molar refractivity (Wildman–Crippen MR) is 105 cm³/mol. The molecule has 0 saturated carbocycles. The van der Waals surface area contributed by atoms with Gasteiger partial charge in [0.25, 0.3) is 5.91 Å². The van der Waals surface area contributed by atoms with E-state index in [1.54, 1.807) is 30.6 Å². The molecule has 1 aliphatic heterocycles. The second-order valence-corrected chi connectivity index (χ2v) is 6.39. The van der Waals surface area contributed by atoms with Crippen LogP contribution in [0.4, 0.5) is 5.69 Å². The number of anilines is 1. The fraction of sp³-hybridized carbons (Fsp3) is 0.0952. The normalized spacial score (nSPS) is 12.7. The Morgan fingerprint density at radius 2 is 1.89 bits per heavy atom. The van der Waals surface area contributed by atoms with Crippen LogP contribution in [0.15, 0.2) is 60.9 Å². The van der Waals surface area contributed by atoms with Gasteiger partial charge in [0.2, 0.25) is 0 Å². The summed E-state index contributed by atoms with van der Waals surface area (Å²) in [6.45, 7) is 1.02. The molecule has 0 aliphatic carbocycles. The Balaban J connectivity index is 1.46. The summed E-state index contributed by atoms with van der Waals surface area (Å²) in [4.78, 5) is 17.0. The Hall–Kier alpha value is -3.87. The first-order valence-electron chi connectivity index (χ1n) is 8.87. The smallest absolute Gasteiger partial charge is 0.276 e. The highest BCUT2D eigenvalue weighted by Gasteiger charge is 2.17. The van der Waals surface area contributed by atoms with E-state index in [9.17, 15) is 4.79 Å². The van der Waals surface area contributed by atoms with Gasteiger partial charge in [-0.1, -0.05) is 12.1 Å². The molecule has 4 aromatic rings. The van der Waals surface area contributed by atoms with Crippen molar-refractivity contribution in [2.24, 2.45) is 0 Å². The van der Waals surface area contributed by atoms with Crippen LogP contribution in [-0.4, -0.2) is 34.3 Å². The highest BCUT2D eigenvalue weighted by Crippen LogP contribution is 2.33. The third-order valence-corrected chi connectivity index (χ3v) is 4.57. The number of ether oxygens (including phenoxy) is 2. The van der Waals surface area contributed by atoms with E-state index >= 15 is 0 Å². The van der Waals surface area contributed by atoms with Crippen LogP contribution in [0, 0.1) is 0 Å². The lowest BCUT2D eigenvalue weighted by molar-refractivity contribution is 0.102. The van der Waals surface area contributed by atoms with Crippen molar-refractivity contribution in [1.29, 1.82) is 0 Å². The second-order valence-electron chi connectivity index (χ2n) is 6.39. The Labute approximate surface area is 160 Å². The molecule has 2 N–H and O–H groups in total. The average molecular weight is 372 g/mol. The number of amides is 1. The molecule has 5 rings (SSSR count). The number of aromatic nitrogens is 3. The number of aromatic amines is 1. The minimum absolute atomic E-state index is 0.300. The molecule has 138 valence electrons. The minimum atomic E-state index is -0.300. The first kappa shape index (κ1) is 16.3. The number of hydrogen-bond donors (Lipinski definition) is 2. The number of pyridine rings is 1. The number of fused-ring (bicyclic) bond motifs is 2. The molecule has 0 spiro atoms. The summed E-state index contributed by atoms with van der Waals surface area (Å²) in [6, 6.07) is 15.0. The summed E-state index contributed by atoms with van der Waals surface area (Å²) in [5, 5.41) is 10.7. The molecule has 0 saturated heterocycles. The third kappa shape index (κ3) is 2.92. The van der Waals surface area contributed by atoms with Crippen molar-refractivity contribution in [3.8, 4) is 22.6 Å². The molecule has 0 fully saturated rings. The molecule has 0 radical (unpaired) electrons. The molecule has 2 aromatic heterocycles. The largest absolute Gasteiger partial charge is 0.486 e. The minimum Gasteiger partial charge on any atom is -0.486 e. The van der Waals surface area contributed by atoms with Gasteiger partial charge in [0.15, 0.2) is 17.2 Å².